The van der Waals surface area contributed by atoms with Gasteiger partial charge in [0.1, 0.15) is 0 Å². The van der Waals surface area contributed by atoms with Gasteiger partial charge in [0.25, 0.3) is 0 Å². The molecule has 9 heteroatoms. The topological polar surface area (TPSA) is 132 Å². The number of methoxy groups -OCH3 is 2. The molecule has 5 N–H and O–H groups in total. The van der Waals surface area contributed by atoms with Crippen molar-refractivity contribution in [1.29, 1.82) is 0 Å². The van der Waals surface area contributed by atoms with Crippen LogP contribution >= 0.6 is 0 Å². The molecule has 44 heavy (non-hydrogen) atoms. The first-order valence-corrected chi connectivity index (χ1v) is 16.2. The van der Waals surface area contributed by atoms with Crippen molar-refractivity contribution in [2.24, 2.45) is 40.2 Å². The fraction of sp³-hybridized carbons (Fsp3) is 0.771. The summed E-state index contributed by atoms with van der Waals surface area (Å²) in [4.78, 5) is 25.6. The second-order valence-electron chi connectivity index (χ2n) is 14.8. The van der Waals surface area contributed by atoms with Gasteiger partial charge < -0.3 is 35.7 Å². The Kier molecular flexibility index (Phi) is 16.7. The van der Waals surface area contributed by atoms with Crippen LogP contribution in [0.4, 0.5) is 0 Å². The van der Waals surface area contributed by atoms with Gasteiger partial charge in [-0.15, -0.1) is 0 Å². The van der Waals surface area contributed by atoms with Crippen molar-refractivity contribution < 1.29 is 28.9 Å². The summed E-state index contributed by atoms with van der Waals surface area (Å²) in [5.74, 6) is 1.49. The lowest BCUT2D eigenvalue weighted by Gasteiger charge is -2.31. The molecule has 0 aliphatic rings. The standard InChI is InChI=1S/C35H63N3O6/c1-23(2)26(17-25-13-14-30(43-11)31(18-25)44-16-12-15-42-10)19-28(36)29(39)20-27(24(3)4)32(40)37-21-35(8,9)22-38-33(41)34(5,6)7/h13-14,18,23-24,26-29,39H,12,15-17,19-22,36H2,1-11H3,(H,37,40)(H,38,41)/t26-,27-,28-,29-/m0/s1. The smallest absolute Gasteiger partial charge is 0.225 e. The van der Waals surface area contributed by atoms with Crippen LogP contribution in [-0.2, 0) is 20.7 Å². The minimum absolute atomic E-state index is 0.0209. The van der Waals surface area contributed by atoms with Crippen LogP contribution in [-0.4, -0.2) is 69.6 Å². The number of aliphatic hydroxyl groups is 1. The molecule has 0 aliphatic heterocycles. The predicted octanol–water partition coefficient (Wildman–Crippen LogP) is 4.97. The summed E-state index contributed by atoms with van der Waals surface area (Å²) in [6.45, 7) is 20.0. The van der Waals surface area contributed by atoms with Crippen LogP contribution in [0.25, 0.3) is 0 Å². The Morgan fingerprint density at radius 1 is 0.909 bits per heavy atom. The van der Waals surface area contributed by atoms with E-state index < -0.39 is 17.6 Å². The molecule has 2 amide bonds. The van der Waals surface area contributed by atoms with Crippen molar-refractivity contribution in [1.82, 2.24) is 10.6 Å². The van der Waals surface area contributed by atoms with Gasteiger partial charge in [-0.25, -0.2) is 0 Å². The SMILES string of the molecule is COCCCOc1cc(C[C@@H](C[C@H](N)[C@@H](O)C[C@H](C(=O)NCC(C)(C)CNC(=O)C(C)(C)C)C(C)C)C(C)C)ccc1OC. The molecular formula is C35H63N3O6. The normalized spacial score (nSPS) is 15.1. The van der Waals surface area contributed by atoms with E-state index in [1.54, 1.807) is 14.2 Å². The molecule has 1 rings (SSSR count). The minimum atomic E-state index is -0.816. The van der Waals surface area contributed by atoms with Gasteiger partial charge in [0, 0.05) is 50.6 Å². The van der Waals surface area contributed by atoms with Gasteiger partial charge >= 0.3 is 0 Å². The quantitative estimate of drug-likeness (QED) is 0.151. The van der Waals surface area contributed by atoms with Crippen LogP contribution in [0.3, 0.4) is 0 Å². The van der Waals surface area contributed by atoms with Gasteiger partial charge in [0.2, 0.25) is 11.8 Å². The Bertz CT molecular complexity index is 1000. The van der Waals surface area contributed by atoms with Crippen molar-refractivity contribution in [3.63, 3.8) is 0 Å². The summed E-state index contributed by atoms with van der Waals surface area (Å²) < 4.78 is 16.6. The number of nitrogens with one attached hydrogen (secondary N) is 2. The Balaban J connectivity index is 2.83. The maximum atomic E-state index is 13.3. The lowest BCUT2D eigenvalue weighted by atomic mass is 9.80. The highest BCUT2D eigenvalue weighted by Crippen LogP contribution is 2.32. The molecule has 0 aliphatic carbocycles. The fourth-order valence-electron chi connectivity index (χ4n) is 4.97. The lowest BCUT2D eigenvalue weighted by molar-refractivity contribution is -0.129. The van der Waals surface area contributed by atoms with Crippen LogP contribution in [0.5, 0.6) is 11.5 Å². The highest BCUT2D eigenvalue weighted by atomic mass is 16.5. The van der Waals surface area contributed by atoms with Crippen LogP contribution in [0.1, 0.15) is 87.1 Å². The zero-order chi connectivity index (χ0) is 33.7. The predicted molar refractivity (Wildman–Crippen MR) is 178 cm³/mol. The maximum absolute atomic E-state index is 13.3. The van der Waals surface area contributed by atoms with E-state index >= 15 is 0 Å². The first kappa shape index (κ1) is 39.7. The molecule has 0 saturated carbocycles. The zero-order valence-electron chi connectivity index (χ0n) is 29.4. The summed E-state index contributed by atoms with van der Waals surface area (Å²) in [5.41, 5.74) is 6.92. The largest absolute Gasteiger partial charge is 0.493 e. The summed E-state index contributed by atoms with van der Waals surface area (Å²) >= 11 is 0. The van der Waals surface area contributed by atoms with Gasteiger partial charge in [-0.2, -0.15) is 0 Å². The number of benzene rings is 1. The van der Waals surface area contributed by atoms with E-state index in [9.17, 15) is 14.7 Å². The molecule has 0 unspecified atom stereocenters. The highest BCUT2D eigenvalue weighted by Gasteiger charge is 2.31. The highest BCUT2D eigenvalue weighted by molar-refractivity contribution is 5.81. The van der Waals surface area contributed by atoms with Crippen LogP contribution < -0.4 is 25.8 Å². The number of ether oxygens (including phenoxy) is 3. The first-order valence-electron chi connectivity index (χ1n) is 16.2. The summed E-state index contributed by atoms with van der Waals surface area (Å²) in [5, 5.41) is 17.2. The van der Waals surface area contributed by atoms with Gasteiger partial charge in [0.05, 0.1) is 19.8 Å². The van der Waals surface area contributed by atoms with Gasteiger partial charge in [-0.3, -0.25) is 9.59 Å². The molecule has 4 atom stereocenters. The molecule has 0 spiro atoms. The third kappa shape index (κ3) is 14.2. The molecule has 0 bridgehead atoms. The van der Waals surface area contributed by atoms with Crippen molar-refractivity contribution in [3.8, 4) is 11.5 Å². The number of hydrogen-bond acceptors (Lipinski definition) is 7. The Morgan fingerprint density at radius 2 is 1.55 bits per heavy atom. The molecule has 1 aromatic rings. The second kappa shape index (κ2) is 18.6. The molecule has 0 radical (unpaired) electrons. The lowest BCUT2D eigenvalue weighted by Crippen LogP contribution is -2.47. The zero-order valence-corrected chi connectivity index (χ0v) is 29.4. The number of carbonyl (C=O) groups excluding carboxylic acids is 2. The van der Waals surface area contributed by atoms with E-state index in [1.165, 1.54) is 0 Å². The number of aliphatic hydroxyl groups excluding tert-OH is 1. The average Bonchev–Trinajstić information content (AvgIpc) is 2.94. The van der Waals surface area contributed by atoms with E-state index in [0.29, 0.717) is 56.6 Å². The molecule has 254 valence electrons. The number of carbonyl (C=O) groups is 2. The Morgan fingerprint density at radius 3 is 2.09 bits per heavy atom. The second-order valence-corrected chi connectivity index (χ2v) is 14.8. The van der Waals surface area contributed by atoms with E-state index in [-0.39, 0.29) is 35.0 Å². The number of hydrogen-bond donors (Lipinski definition) is 4. The fourth-order valence-corrected chi connectivity index (χ4v) is 4.97. The molecular weight excluding hydrogens is 558 g/mol. The Hall–Kier alpha value is -2.36. The summed E-state index contributed by atoms with van der Waals surface area (Å²) in [6.07, 6.45) is 1.67. The maximum Gasteiger partial charge on any atom is 0.225 e. The Labute approximate surface area is 267 Å². The van der Waals surface area contributed by atoms with Crippen molar-refractivity contribution in [2.75, 3.05) is 40.5 Å². The summed E-state index contributed by atoms with van der Waals surface area (Å²) in [6, 6.07) is 5.54. The van der Waals surface area contributed by atoms with Gasteiger partial charge in [-0.05, 0) is 60.1 Å². The molecule has 0 fully saturated rings. The molecule has 0 heterocycles. The van der Waals surface area contributed by atoms with E-state index in [0.717, 1.165) is 18.4 Å². The van der Waals surface area contributed by atoms with E-state index in [4.69, 9.17) is 19.9 Å². The van der Waals surface area contributed by atoms with Crippen LogP contribution in [0.2, 0.25) is 0 Å². The van der Waals surface area contributed by atoms with Crippen molar-refractivity contribution in [2.45, 2.75) is 100 Å². The van der Waals surface area contributed by atoms with E-state index in [2.05, 4.69) is 24.5 Å². The number of nitrogens with two attached hydrogens (primary N) is 1. The third-order valence-electron chi connectivity index (χ3n) is 8.28. The monoisotopic (exact) mass is 621 g/mol. The summed E-state index contributed by atoms with van der Waals surface area (Å²) in [7, 11) is 3.31. The van der Waals surface area contributed by atoms with Crippen LogP contribution in [0, 0.1) is 34.5 Å². The average molecular weight is 622 g/mol. The van der Waals surface area contributed by atoms with Crippen molar-refractivity contribution >= 4 is 11.8 Å². The molecule has 1 aromatic carbocycles. The molecule has 9 nitrogen and oxygen atoms in total. The molecule has 0 saturated heterocycles. The van der Waals surface area contributed by atoms with Crippen molar-refractivity contribution in [3.05, 3.63) is 23.8 Å². The van der Waals surface area contributed by atoms with Gasteiger partial charge in [0.15, 0.2) is 11.5 Å². The van der Waals surface area contributed by atoms with Gasteiger partial charge in [-0.1, -0.05) is 68.4 Å². The first-order chi connectivity index (χ1) is 20.4. The number of rotatable bonds is 20. The minimum Gasteiger partial charge on any atom is -0.493 e. The van der Waals surface area contributed by atoms with E-state index in [1.807, 2.05) is 66.7 Å². The third-order valence-corrected chi connectivity index (χ3v) is 8.28. The number of amides is 2. The van der Waals surface area contributed by atoms with Crippen LogP contribution in [0.15, 0.2) is 18.2 Å². The molecule has 0 aromatic heterocycles.